The number of nitrogens with two attached hydrogens (primary N) is 1. The topological polar surface area (TPSA) is 35.2 Å². The van der Waals surface area contributed by atoms with Crippen LogP contribution in [0, 0.1) is 17.7 Å². The lowest BCUT2D eigenvalue weighted by molar-refractivity contribution is 0.185. The van der Waals surface area contributed by atoms with E-state index < -0.39 is 0 Å². The summed E-state index contributed by atoms with van der Waals surface area (Å²) in [7, 11) is 0. The molecule has 100 valence electrons. The molecule has 2 nitrogen and oxygen atoms in total. The monoisotopic (exact) mass is 269 g/mol. The van der Waals surface area contributed by atoms with E-state index >= 15 is 0 Å². The lowest BCUT2D eigenvalue weighted by Crippen LogP contribution is -2.31. The molecule has 0 aliphatic carbocycles. The summed E-state index contributed by atoms with van der Waals surface area (Å²) in [5.74, 6) is 3.42. The fourth-order valence-corrected chi connectivity index (χ4v) is 3.49. The zero-order valence-electron chi connectivity index (χ0n) is 10.5. The Bertz CT molecular complexity index is 369. The van der Waals surface area contributed by atoms with Crippen molar-refractivity contribution in [2.75, 3.05) is 24.7 Å². The standard InChI is InChI=1S/C14H20FNOS/c15-13-3-1-2-4-14(13)17-10-12(9-16)11-5-7-18-8-6-11/h1-4,11-12H,5-10,16H2. The summed E-state index contributed by atoms with van der Waals surface area (Å²) in [4.78, 5) is 0. The third-order valence-corrected chi connectivity index (χ3v) is 4.57. The number of rotatable bonds is 5. The van der Waals surface area contributed by atoms with Crippen LogP contribution in [0.1, 0.15) is 12.8 Å². The van der Waals surface area contributed by atoms with Crippen LogP contribution in [0.25, 0.3) is 0 Å². The van der Waals surface area contributed by atoms with Gasteiger partial charge in [0.2, 0.25) is 0 Å². The first-order valence-corrected chi connectivity index (χ1v) is 7.62. The van der Waals surface area contributed by atoms with Crippen LogP contribution in [-0.4, -0.2) is 24.7 Å². The van der Waals surface area contributed by atoms with Crippen LogP contribution in [0.2, 0.25) is 0 Å². The van der Waals surface area contributed by atoms with E-state index in [-0.39, 0.29) is 5.82 Å². The number of hydrogen-bond donors (Lipinski definition) is 1. The Balaban J connectivity index is 1.88. The van der Waals surface area contributed by atoms with Gasteiger partial charge in [-0.15, -0.1) is 0 Å². The van der Waals surface area contributed by atoms with Crippen LogP contribution < -0.4 is 10.5 Å². The van der Waals surface area contributed by atoms with Gasteiger partial charge in [-0.2, -0.15) is 11.8 Å². The smallest absolute Gasteiger partial charge is 0.165 e. The van der Waals surface area contributed by atoms with E-state index in [2.05, 4.69) is 0 Å². The Hall–Kier alpha value is -0.740. The molecule has 1 aliphatic heterocycles. The minimum atomic E-state index is -0.299. The summed E-state index contributed by atoms with van der Waals surface area (Å²) in [6.45, 7) is 1.14. The Kier molecular flexibility index (Phi) is 5.32. The molecule has 1 fully saturated rings. The third kappa shape index (κ3) is 3.62. The van der Waals surface area contributed by atoms with Crippen LogP contribution in [0.3, 0.4) is 0 Å². The van der Waals surface area contributed by atoms with Crippen LogP contribution >= 0.6 is 11.8 Å². The minimum Gasteiger partial charge on any atom is -0.490 e. The summed E-state index contributed by atoms with van der Waals surface area (Å²) in [5.41, 5.74) is 5.83. The van der Waals surface area contributed by atoms with Crippen molar-refractivity contribution in [3.63, 3.8) is 0 Å². The lowest BCUT2D eigenvalue weighted by atomic mass is 9.88. The van der Waals surface area contributed by atoms with E-state index in [0.29, 0.717) is 30.7 Å². The Labute approximate surface area is 112 Å². The van der Waals surface area contributed by atoms with Gasteiger partial charge in [-0.25, -0.2) is 4.39 Å². The van der Waals surface area contributed by atoms with E-state index in [1.54, 1.807) is 18.2 Å². The molecule has 0 bridgehead atoms. The second kappa shape index (κ2) is 7.00. The molecule has 1 aromatic carbocycles. The SMILES string of the molecule is NCC(COc1ccccc1F)C1CCSCC1. The molecule has 18 heavy (non-hydrogen) atoms. The van der Waals surface area contributed by atoms with E-state index in [1.807, 2.05) is 11.8 Å². The lowest BCUT2D eigenvalue weighted by Gasteiger charge is -2.29. The number of benzene rings is 1. The Morgan fingerprint density at radius 2 is 2.06 bits per heavy atom. The molecule has 1 aromatic rings. The summed E-state index contributed by atoms with van der Waals surface area (Å²) < 4.78 is 19.0. The number of para-hydroxylation sites is 1. The maximum absolute atomic E-state index is 13.4. The maximum atomic E-state index is 13.4. The molecular formula is C14H20FNOS. The van der Waals surface area contributed by atoms with Crippen LogP contribution in [0.4, 0.5) is 4.39 Å². The van der Waals surface area contributed by atoms with E-state index in [9.17, 15) is 4.39 Å². The minimum absolute atomic E-state index is 0.299. The van der Waals surface area contributed by atoms with Gasteiger partial charge in [0.15, 0.2) is 11.6 Å². The molecule has 0 amide bonds. The summed E-state index contributed by atoms with van der Waals surface area (Å²) in [5, 5.41) is 0. The zero-order valence-corrected chi connectivity index (χ0v) is 11.3. The van der Waals surface area contributed by atoms with Crippen molar-refractivity contribution in [2.24, 2.45) is 17.6 Å². The Morgan fingerprint density at radius 1 is 1.33 bits per heavy atom. The van der Waals surface area contributed by atoms with Gasteiger partial charge in [-0.3, -0.25) is 0 Å². The zero-order chi connectivity index (χ0) is 12.8. The molecule has 2 N–H and O–H groups in total. The highest BCUT2D eigenvalue weighted by atomic mass is 32.2. The first-order chi connectivity index (χ1) is 8.81. The van der Waals surface area contributed by atoms with Gasteiger partial charge in [-0.05, 0) is 48.9 Å². The number of hydrogen-bond acceptors (Lipinski definition) is 3. The number of halogens is 1. The molecule has 0 radical (unpaired) electrons. The predicted octanol–water partition coefficient (Wildman–Crippen LogP) is 2.92. The summed E-state index contributed by atoms with van der Waals surface area (Å²) >= 11 is 2.00. The fraction of sp³-hybridized carbons (Fsp3) is 0.571. The Morgan fingerprint density at radius 3 is 2.72 bits per heavy atom. The van der Waals surface area contributed by atoms with Gasteiger partial charge in [0, 0.05) is 5.92 Å². The third-order valence-electron chi connectivity index (χ3n) is 3.52. The highest BCUT2D eigenvalue weighted by Gasteiger charge is 2.23. The van der Waals surface area contributed by atoms with Gasteiger partial charge in [0.25, 0.3) is 0 Å². The molecule has 0 saturated carbocycles. The van der Waals surface area contributed by atoms with E-state index in [1.165, 1.54) is 30.4 Å². The van der Waals surface area contributed by atoms with E-state index in [4.69, 9.17) is 10.5 Å². The van der Waals surface area contributed by atoms with Gasteiger partial charge in [0.1, 0.15) is 0 Å². The first kappa shape index (κ1) is 13.7. The second-order valence-corrected chi connectivity index (χ2v) is 5.91. The molecule has 1 atom stereocenters. The molecule has 1 aliphatic rings. The predicted molar refractivity (Wildman–Crippen MR) is 74.5 cm³/mol. The highest BCUT2D eigenvalue weighted by molar-refractivity contribution is 7.99. The number of thioether (sulfide) groups is 1. The quantitative estimate of drug-likeness (QED) is 0.892. The summed E-state index contributed by atoms with van der Waals surface area (Å²) in [6.07, 6.45) is 2.40. The van der Waals surface area contributed by atoms with Gasteiger partial charge >= 0.3 is 0 Å². The average molecular weight is 269 g/mol. The van der Waals surface area contributed by atoms with Crippen LogP contribution in [-0.2, 0) is 0 Å². The van der Waals surface area contributed by atoms with Crippen molar-refractivity contribution in [3.8, 4) is 5.75 Å². The largest absolute Gasteiger partial charge is 0.490 e. The van der Waals surface area contributed by atoms with Gasteiger partial charge < -0.3 is 10.5 Å². The molecule has 0 spiro atoms. The van der Waals surface area contributed by atoms with Gasteiger partial charge in [-0.1, -0.05) is 12.1 Å². The maximum Gasteiger partial charge on any atom is 0.165 e. The molecule has 4 heteroatoms. The molecule has 1 heterocycles. The average Bonchev–Trinajstić information content (AvgIpc) is 2.42. The van der Waals surface area contributed by atoms with Gasteiger partial charge in [0.05, 0.1) is 6.61 Å². The first-order valence-electron chi connectivity index (χ1n) is 6.46. The van der Waals surface area contributed by atoms with Crippen LogP contribution in [0.15, 0.2) is 24.3 Å². The molecule has 1 unspecified atom stereocenters. The van der Waals surface area contributed by atoms with Crippen molar-refractivity contribution in [1.82, 2.24) is 0 Å². The van der Waals surface area contributed by atoms with Crippen molar-refractivity contribution in [1.29, 1.82) is 0 Å². The van der Waals surface area contributed by atoms with Crippen molar-refractivity contribution >= 4 is 11.8 Å². The van der Waals surface area contributed by atoms with Crippen molar-refractivity contribution < 1.29 is 9.13 Å². The van der Waals surface area contributed by atoms with Crippen molar-refractivity contribution in [3.05, 3.63) is 30.1 Å². The van der Waals surface area contributed by atoms with Crippen molar-refractivity contribution in [2.45, 2.75) is 12.8 Å². The van der Waals surface area contributed by atoms with E-state index in [0.717, 1.165) is 0 Å². The molecule has 0 aromatic heterocycles. The highest BCUT2D eigenvalue weighted by Crippen LogP contribution is 2.29. The van der Waals surface area contributed by atoms with Crippen LogP contribution in [0.5, 0.6) is 5.75 Å². The normalized spacial score (nSPS) is 18.6. The number of ether oxygens (including phenoxy) is 1. The molecule has 2 rings (SSSR count). The second-order valence-electron chi connectivity index (χ2n) is 4.69. The fourth-order valence-electron chi connectivity index (χ4n) is 2.34. The summed E-state index contributed by atoms with van der Waals surface area (Å²) in [6, 6.07) is 6.54. The molecular weight excluding hydrogens is 249 g/mol. The molecule has 1 saturated heterocycles.